The second kappa shape index (κ2) is 7.37. The molecule has 1 heterocycles. The molecule has 2 aromatic rings. The van der Waals surface area contributed by atoms with Gasteiger partial charge in [0.1, 0.15) is 0 Å². The number of amides is 1. The number of sulfonamides is 1. The first-order valence-electron chi connectivity index (χ1n) is 8.33. The Hall–Kier alpha value is -2.18. The highest BCUT2D eigenvalue weighted by Gasteiger charge is 2.30. The van der Waals surface area contributed by atoms with Crippen molar-refractivity contribution in [2.24, 2.45) is 5.92 Å². The summed E-state index contributed by atoms with van der Waals surface area (Å²) >= 11 is 0. The van der Waals surface area contributed by atoms with E-state index in [1.807, 2.05) is 36.4 Å². The number of nitrogens with zero attached hydrogens (tertiary/aromatic N) is 1. The molecule has 6 heteroatoms. The summed E-state index contributed by atoms with van der Waals surface area (Å²) in [5.74, 6) is 0.0685. The van der Waals surface area contributed by atoms with Gasteiger partial charge in [0.2, 0.25) is 15.9 Å². The third-order valence-electron chi connectivity index (χ3n) is 4.46. The van der Waals surface area contributed by atoms with Crippen molar-refractivity contribution in [3.8, 4) is 0 Å². The lowest BCUT2D eigenvalue weighted by Gasteiger charge is -2.17. The van der Waals surface area contributed by atoms with E-state index in [4.69, 9.17) is 0 Å². The minimum Gasteiger partial charge on any atom is -0.338 e. The Labute approximate surface area is 148 Å². The van der Waals surface area contributed by atoms with Crippen LogP contribution in [-0.4, -0.2) is 32.3 Å². The van der Waals surface area contributed by atoms with Crippen LogP contribution in [0.5, 0.6) is 0 Å². The van der Waals surface area contributed by atoms with Crippen LogP contribution in [0.4, 0.5) is 0 Å². The number of hydrogen-bond donors (Lipinski definition) is 1. The molecular weight excluding hydrogens is 336 g/mol. The second-order valence-electron chi connectivity index (χ2n) is 6.45. The zero-order valence-electron chi connectivity index (χ0n) is 14.2. The predicted octanol–water partition coefficient (Wildman–Crippen LogP) is 2.32. The molecule has 1 fully saturated rings. The number of nitrogens with one attached hydrogen (secondary N) is 1. The van der Waals surface area contributed by atoms with Gasteiger partial charge in [-0.3, -0.25) is 4.79 Å². The van der Waals surface area contributed by atoms with E-state index in [9.17, 15) is 13.2 Å². The Kier molecular flexibility index (Phi) is 5.20. The highest BCUT2D eigenvalue weighted by atomic mass is 32.2. The maximum atomic E-state index is 12.5. The third kappa shape index (κ3) is 4.27. The standard InChI is InChI=1S/C19H22N2O3S/c1-15-7-5-6-10-18(15)25(23,24)20-12-17-11-19(22)21(14-17)13-16-8-3-2-4-9-16/h2-10,17,20H,11-14H2,1H3. The highest BCUT2D eigenvalue weighted by Crippen LogP contribution is 2.21. The molecule has 5 nitrogen and oxygen atoms in total. The van der Waals surface area contributed by atoms with Gasteiger partial charge in [0.15, 0.2) is 0 Å². The molecule has 0 aromatic heterocycles. The molecule has 0 spiro atoms. The lowest BCUT2D eigenvalue weighted by atomic mass is 10.1. The van der Waals surface area contributed by atoms with Gasteiger partial charge in [-0.1, -0.05) is 48.5 Å². The van der Waals surface area contributed by atoms with Crippen molar-refractivity contribution in [1.82, 2.24) is 9.62 Å². The van der Waals surface area contributed by atoms with E-state index >= 15 is 0 Å². The Morgan fingerprint density at radius 2 is 1.76 bits per heavy atom. The maximum absolute atomic E-state index is 12.5. The number of carbonyl (C=O) groups is 1. The molecule has 1 N–H and O–H groups in total. The van der Waals surface area contributed by atoms with E-state index in [0.717, 1.165) is 5.56 Å². The fourth-order valence-electron chi connectivity index (χ4n) is 3.11. The topological polar surface area (TPSA) is 66.5 Å². The van der Waals surface area contributed by atoms with Crippen LogP contribution in [-0.2, 0) is 21.4 Å². The molecule has 1 amide bonds. The quantitative estimate of drug-likeness (QED) is 0.862. The van der Waals surface area contributed by atoms with Gasteiger partial charge in [0.25, 0.3) is 0 Å². The Morgan fingerprint density at radius 3 is 2.48 bits per heavy atom. The van der Waals surface area contributed by atoms with Crippen molar-refractivity contribution in [3.05, 3.63) is 65.7 Å². The molecule has 1 unspecified atom stereocenters. The lowest BCUT2D eigenvalue weighted by molar-refractivity contribution is -0.128. The van der Waals surface area contributed by atoms with E-state index in [1.165, 1.54) is 0 Å². The Morgan fingerprint density at radius 1 is 1.08 bits per heavy atom. The molecule has 132 valence electrons. The summed E-state index contributed by atoms with van der Waals surface area (Å²) in [7, 11) is -3.55. The first-order valence-corrected chi connectivity index (χ1v) is 9.81. The maximum Gasteiger partial charge on any atom is 0.240 e. The third-order valence-corrected chi connectivity index (χ3v) is 6.04. The van der Waals surface area contributed by atoms with Gasteiger partial charge in [-0.05, 0) is 30.0 Å². The molecule has 1 atom stereocenters. The average molecular weight is 358 g/mol. The van der Waals surface area contributed by atoms with Gasteiger partial charge < -0.3 is 4.90 Å². The first kappa shape index (κ1) is 17.6. The van der Waals surface area contributed by atoms with Gasteiger partial charge in [-0.15, -0.1) is 0 Å². The van der Waals surface area contributed by atoms with Crippen LogP contribution in [0.3, 0.4) is 0 Å². The molecule has 3 rings (SSSR count). The minimum absolute atomic E-state index is 0.00462. The van der Waals surface area contributed by atoms with E-state index in [1.54, 1.807) is 30.0 Å². The number of aryl methyl sites for hydroxylation is 1. The van der Waals surface area contributed by atoms with Crippen molar-refractivity contribution in [2.45, 2.75) is 24.8 Å². The second-order valence-corrected chi connectivity index (χ2v) is 8.18. The van der Waals surface area contributed by atoms with Gasteiger partial charge in [-0.2, -0.15) is 0 Å². The molecule has 0 saturated carbocycles. The fourth-order valence-corrected chi connectivity index (χ4v) is 4.47. The zero-order valence-corrected chi connectivity index (χ0v) is 15.0. The number of likely N-dealkylation sites (tertiary alicyclic amines) is 1. The summed E-state index contributed by atoms with van der Waals surface area (Å²) < 4.78 is 27.6. The van der Waals surface area contributed by atoms with E-state index in [0.29, 0.717) is 30.0 Å². The van der Waals surface area contributed by atoms with E-state index in [2.05, 4.69) is 4.72 Å². The number of hydrogen-bond acceptors (Lipinski definition) is 3. The molecule has 0 bridgehead atoms. The van der Waals surface area contributed by atoms with Crippen LogP contribution in [0.1, 0.15) is 17.5 Å². The van der Waals surface area contributed by atoms with Crippen molar-refractivity contribution in [1.29, 1.82) is 0 Å². The average Bonchev–Trinajstić information content (AvgIpc) is 2.94. The normalized spacial score (nSPS) is 17.9. The molecule has 0 radical (unpaired) electrons. The predicted molar refractivity (Wildman–Crippen MR) is 96.3 cm³/mol. The summed E-state index contributed by atoms with van der Waals surface area (Å²) in [6.07, 6.45) is 0.378. The molecule has 25 heavy (non-hydrogen) atoms. The van der Waals surface area contributed by atoms with Crippen molar-refractivity contribution in [3.63, 3.8) is 0 Å². The van der Waals surface area contributed by atoms with Crippen LogP contribution < -0.4 is 4.72 Å². The Bertz CT molecular complexity index is 850. The molecule has 1 aliphatic rings. The molecule has 0 aliphatic carbocycles. The lowest BCUT2D eigenvalue weighted by Crippen LogP contribution is -2.31. The zero-order chi connectivity index (χ0) is 17.9. The summed E-state index contributed by atoms with van der Waals surface area (Å²) in [6.45, 7) is 3.19. The largest absolute Gasteiger partial charge is 0.338 e. The van der Waals surface area contributed by atoms with E-state index in [-0.39, 0.29) is 18.4 Å². The molecule has 2 aromatic carbocycles. The molecular formula is C19H22N2O3S. The minimum atomic E-state index is -3.55. The summed E-state index contributed by atoms with van der Waals surface area (Å²) in [6, 6.07) is 16.7. The van der Waals surface area contributed by atoms with Crippen LogP contribution in [0, 0.1) is 12.8 Å². The summed E-state index contributed by atoms with van der Waals surface area (Å²) in [5.41, 5.74) is 1.79. The summed E-state index contributed by atoms with van der Waals surface area (Å²) in [4.78, 5) is 14.3. The number of benzene rings is 2. The van der Waals surface area contributed by atoms with Gasteiger partial charge in [-0.25, -0.2) is 13.1 Å². The van der Waals surface area contributed by atoms with Crippen LogP contribution in [0.2, 0.25) is 0 Å². The number of rotatable bonds is 6. The molecule has 1 saturated heterocycles. The van der Waals surface area contributed by atoms with Crippen molar-refractivity contribution >= 4 is 15.9 Å². The molecule has 1 aliphatic heterocycles. The van der Waals surface area contributed by atoms with Crippen molar-refractivity contribution < 1.29 is 13.2 Å². The highest BCUT2D eigenvalue weighted by molar-refractivity contribution is 7.89. The monoisotopic (exact) mass is 358 g/mol. The van der Waals surface area contributed by atoms with Gasteiger partial charge in [0.05, 0.1) is 4.90 Å². The summed E-state index contributed by atoms with van der Waals surface area (Å²) in [5, 5.41) is 0. The van der Waals surface area contributed by atoms with E-state index < -0.39 is 10.0 Å². The fraction of sp³-hybridized carbons (Fsp3) is 0.316. The SMILES string of the molecule is Cc1ccccc1S(=O)(=O)NCC1CC(=O)N(Cc2ccccc2)C1. The van der Waals surface area contributed by atoms with Crippen molar-refractivity contribution in [2.75, 3.05) is 13.1 Å². The van der Waals surface area contributed by atoms with Gasteiger partial charge in [0, 0.05) is 26.1 Å². The van der Waals surface area contributed by atoms with Crippen LogP contribution in [0.15, 0.2) is 59.5 Å². The van der Waals surface area contributed by atoms with Crippen LogP contribution >= 0.6 is 0 Å². The van der Waals surface area contributed by atoms with Crippen LogP contribution in [0.25, 0.3) is 0 Å². The number of carbonyl (C=O) groups excluding carboxylic acids is 1. The first-order chi connectivity index (χ1) is 12.0. The van der Waals surface area contributed by atoms with Gasteiger partial charge >= 0.3 is 0 Å². The smallest absolute Gasteiger partial charge is 0.240 e. The Balaban J connectivity index is 1.59.